The summed E-state index contributed by atoms with van der Waals surface area (Å²) < 4.78 is 5.21. The Morgan fingerprint density at radius 1 is 1.21 bits per heavy atom. The summed E-state index contributed by atoms with van der Waals surface area (Å²) in [7, 11) is 3.65. The molecule has 1 amide bonds. The average Bonchev–Trinajstić information content (AvgIpc) is 3.51. The van der Waals surface area contributed by atoms with Crippen molar-refractivity contribution in [2.24, 2.45) is 0 Å². The van der Waals surface area contributed by atoms with Crippen LogP contribution in [0.15, 0.2) is 61.2 Å². The van der Waals surface area contributed by atoms with Gasteiger partial charge in [0.05, 0.1) is 23.6 Å². The van der Waals surface area contributed by atoms with Crippen LogP contribution in [0, 0.1) is 0 Å². The second kappa shape index (κ2) is 8.66. The number of nitrogens with one attached hydrogen (secondary N) is 2. The van der Waals surface area contributed by atoms with E-state index in [2.05, 4.69) is 42.0 Å². The summed E-state index contributed by atoms with van der Waals surface area (Å²) in [6.45, 7) is 3.92. The minimum atomic E-state index is -0.215. The van der Waals surface area contributed by atoms with E-state index in [1.807, 2.05) is 43.6 Å². The van der Waals surface area contributed by atoms with Gasteiger partial charge in [-0.25, -0.2) is 15.0 Å². The lowest BCUT2D eigenvalue weighted by molar-refractivity contribution is 0.102. The number of aromatic amines is 1. The zero-order valence-corrected chi connectivity index (χ0v) is 19.4. The van der Waals surface area contributed by atoms with Crippen molar-refractivity contribution < 1.29 is 9.53 Å². The van der Waals surface area contributed by atoms with Crippen LogP contribution in [0.1, 0.15) is 23.7 Å². The summed E-state index contributed by atoms with van der Waals surface area (Å²) in [5, 5.41) is 3.91. The number of ether oxygens (including phenoxy) is 1. The number of anilines is 3. The van der Waals surface area contributed by atoms with Gasteiger partial charge in [-0.15, -0.1) is 0 Å². The van der Waals surface area contributed by atoms with Gasteiger partial charge in [-0.3, -0.25) is 4.79 Å². The number of carbonyl (C=O) groups is 1. The fourth-order valence-corrected chi connectivity index (χ4v) is 4.41. The Bertz CT molecular complexity index is 1320. The van der Waals surface area contributed by atoms with Crippen molar-refractivity contribution in [1.29, 1.82) is 0 Å². The molecule has 1 aliphatic heterocycles. The number of H-pyrrole nitrogens is 1. The van der Waals surface area contributed by atoms with Gasteiger partial charge in [-0.05, 0) is 43.7 Å². The molecular weight excluding hydrogens is 430 g/mol. The van der Waals surface area contributed by atoms with Crippen molar-refractivity contribution in [3.8, 4) is 5.75 Å². The number of hydrogen-bond acceptors (Lipinski definition) is 7. The van der Waals surface area contributed by atoms with Crippen LogP contribution in [-0.2, 0) is 0 Å². The minimum Gasteiger partial charge on any atom is -0.497 e. The summed E-state index contributed by atoms with van der Waals surface area (Å²) in [6, 6.07) is 13.0. The van der Waals surface area contributed by atoms with Gasteiger partial charge < -0.3 is 24.8 Å². The molecular formula is C25H27N7O2. The maximum atomic E-state index is 12.7. The molecule has 0 spiro atoms. The topological polar surface area (TPSA) is 99.3 Å². The third-order valence-corrected chi connectivity index (χ3v) is 6.58. The highest BCUT2D eigenvalue weighted by molar-refractivity contribution is 6.04. The number of fused-ring (bicyclic) bond motifs is 1. The van der Waals surface area contributed by atoms with Crippen molar-refractivity contribution in [2.75, 3.05) is 42.4 Å². The summed E-state index contributed by atoms with van der Waals surface area (Å²) in [4.78, 5) is 33.7. The number of nitrogens with zero attached hydrogens (tertiary/aromatic N) is 5. The Morgan fingerprint density at radius 2 is 2.09 bits per heavy atom. The van der Waals surface area contributed by atoms with E-state index in [0.717, 1.165) is 42.2 Å². The molecule has 0 bridgehead atoms. The van der Waals surface area contributed by atoms with E-state index in [1.165, 1.54) is 0 Å². The van der Waals surface area contributed by atoms with E-state index in [4.69, 9.17) is 4.74 Å². The first-order valence-electron chi connectivity index (χ1n) is 11.2. The molecule has 0 saturated carbocycles. The summed E-state index contributed by atoms with van der Waals surface area (Å²) in [6.07, 6.45) is 6.06. The van der Waals surface area contributed by atoms with Crippen LogP contribution in [0.5, 0.6) is 5.75 Å². The van der Waals surface area contributed by atoms with E-state index < -0.39 is 0 Å². The van der Waals surface area contributed by atoms with Gasteiger partial charge in [-0.1, -0.05) is 6.07 Å². The second-order valence-electron chi connectivity index (χ2n) is 8.76. The first-order chi connectivity index (χ1) is 16.5. The number of likely N-dealkylation sites (N-methyl/N-ethyl adjacent to an activating group) is 1. The number of benzene rings is 1. The Balaban J connectivity index is 1.28. The van der Waals surface area contributed by atoms with Crippen LogP contribution < -0.4 is 19.9 Å². The largest absolute Gasteiger partial charge is 0.497 e. The summed E-state index contributed by atoms with van der Waals surface area (Å²) in [5.41, 5.74) is 1.88. The second-order valence-corrected chi connectivity index (χ2v) is 8.76. The molecule has 3 aromatic heterocycles. The SMILES string of the molecule is COc1cccc(NC(=O)c2ccc(N(C)C3(C)CCN(c4ncnc5[nH]ccc45)C3)nc2)c1. The van der Waals surface area contributed by atoms with Gasteiger partial charge in [0, 0.05) is 44.3 Å². The van der Waals surface area contributed by atoms with E-state index in [9.17, 15) is 4.79 Å². The van der Waals surface area contributed by atoms with Crippen LogP contribution in [0.25, 0.3) is 11.0 Å². The van der Waals surface area contributed by atoms with Gasteiger partial charge in [0.1, 0.15) is 29.4 Å². The molecule has 1 atom stereocenters. The first-order valence-corrected chi connectivity index (χ1v) is 11.2. The lowest BCUT2D eigenvalue weighted by Crippen LogP contribution is -2.46. The van der Waals surface area contributed by atoms with Gasteiger partial charge >= 0.3 is 0 Å². The van der Waals surface area contributed by atoms with E-state index in [0.29, 0.717) is 17.0 Å². The van der Waals surface area contributed by atoms with E-state index in [1.54, 1.807) is 31.8 Å². The van der Waals surface area contributed by atoms with Crippen LogP contribution >= 0.6 is 0 Å². The molecule has 4 heterocycles. The fourth-order valence-electron chi connectivity index (χ4n) is 4.41. The Labute approximate surface area is 197 Å². The lowest BCUT2D eigenvalue weighted by Gasteiger charge is -2.36. The van der Waals surface area contributed by atoms with Crippen molar-refractivity contribution in [2.45, 2.75) is 18.9 Å². The van der Waals surface area contributed by atoms with Gasteiger partial charge in [-0.2, -0.15) is 0 Å². The molecule has 9 heteroatoms. The standard InChI is InChI=1S/C25H27N7O2/c1-25(10-12-32(15-25)23-20-9-11-26-22(20)28-16-29-23)31(2)21-8-7-17(14-27-21)24(33)30-18-5-4-6-19(13-18)34-3/h4-9,11,13-14,16H,10,12,15H2,1-3H3,(H,30,33)(H,26,28,29). The Kier molecular flexibility index (Phi) is 5.53. The van der Waals surface area contributed by atoms with Crippen LogP contribution in [0.3, 0.4) is 0 Å². The molecule has 2 N–H and O–H groups in total. The zero-order chi connectivity index (χ0) is 23.7. The van der Waals surface area contributed by atoms with Gasteiger partial charge in [0.25, 0.3) is 5.91 Å². The number of aromatic nitrogens is 4. The quantitative estimate of drug-likeness (QED) is 0.455. The van der Waals surface area contributed by atoms with E-state index >= 15 is 0 Å². The number of methoxy groups -OCH3 is 1. The number of carbonyl (C=O) groups excluding carboxylic acids is 1. The zero-order valence-electron chi connectivity index (χ0n) is 19.4. The van der Waals surface area contributed by atoms with Gasteiger partial charge in [0.2, 0.25) is 0 Å². The molecule has 1 aliphatic rings. The summed E-state index contributed by atoms with van der Waals surface area (Å²) >= 11 is 0. The van der Waals surface area contributed by atoms with Gasteiger partial charge in [0.15, 0.2) is 0 Å². The monoisotopic (exact) mass is 457 g/mol. The Morgan fingerprint density at radius 3 is 2.88 bits per heavy atom. The van der Waals surface area contributed by atoms with Crippen LogP contribution in [0.4, 0.5) is 17.3 Å². The van der Waals surface area contributed by atoms with Crippen LogP contribution in [0.2, 0.25) is 0 Å². The fraction of sp³-hybridized carbons (Fsp3) is 0.280. The molecule has 9 nitrogen and oxygen atoms in total. The number of rotatable bonds is 6. The molecule has 0 radical (unpaired) electrons. The third kappa shape index (κ3) is 4.00. The normalized spacial score (nSPS) is 17.7. The molecule has 1 saturated heterocycles. The molecule has 1 unspecified atom stereocenters. The summed E-state index contributed by atoms with van der Waals surface area (Å²) in [5.74, 6) is 2.23. The van der Waals surface area contributed by atoms with Crippen molar-refractivity contribution >= 4 is 34.3 Å². The number of amides is 1. The van der Waals surface area contributed by atoms with E-state index in [-0.39, 0.29) is 11.4 Å². The molecule has 0 aliphatic carbocycles. The maximum absolute atomic E-state index is 12.7. The average molecular weight is 458 g/mol. The molecule has 5 rings (SSSR count). The minimum absolute atomic E-state index is 0.134. The maximum Gasteiger partial charge on any atom is 0.257 e. The molecule has 34 heavy (non-hydrogen) atoms. The van der Waals surface area contributed by atoms with Crippen LogP contribution in [-0.4, -0.2) is 58.6 Å². The highest BCUT2D eigenvalue weighted by Crippen LogP contribution is 2.34. The Hall–Kier alpha value is -4.14. The highest BCUT2D eigenvalue weighted by atomic mass is 16.5. The molecule has 4 aromatic rings. The predicted molar refractivity (Wildman–Crippen MR) is 133 cm³/mol. The lowest BCUT2D eigenvalue weighted by atomic mass is 9.99. The molecule has 174 valence electrons. The van der Waals surface area contributed by atoms with Crippen molar-refractivity contribution in [3.05, 3.63) is 66.7 Å². The van der Waals surface area contributed by atoms with Crippen molar-refractivity contribution in [1.82, 2.24) is 19.9 Å². The number of hydrogen-bond donors (Lipinski definition) is 2. The third-order valence-electron chi connectivity index (χ3n) is 6.58. The first kappa shape index (κ1) is 21.7. The number of pyridine rings is 1. The van der Waals surface area contributed by atoms with Crippen molar-refractivity contribution in [3.63, 3.8) is 0 Å². The molecule has 1 aromatic carbocycles. The predicted octanol–water partition coefficient (Wildman–Crippen LogP) is 3.72. The smallest absolute Gasteiger partial charge is 0.257 e. The highest BCUT2D eigenvalue weighted by Gasteiger charge is 2.39. The molecule has 1 fully saturated rings.